The fraction of sp³-hybridized carbons (Fsp3) is 0.300. The Hall–Kier alpha value is -1.47. The van der Waals surface area contributed by atoms with Gasteiger partial charge in [0.25, 0.3) is 0 Å². The van der Waals surface area contributed by atoms with Crippen LogP contribution in [0.15, 0.2) is 22.7 Å². The van der Waals surface area contributed by atoms with E-state index in [4.69, 9.17) is 16.3 Å². The van der Waals surface area contributed by atoms with E-state index in [1.807, 2.05) is 13.8 Å². The van der Waals surface area contributed by atoms with E-state index in [1.165, 1.54) is 11.8 Å². The summed E-state index contributed by atoms with van der Waals surface area (Å²) in [5.74, 6) is 0. The summed E-state index contributed by atoms with van der Waals surface area (Å²) in [5, 5.41) is 1.04. The van der Waals surface area contributed by atoms with Gasteiger partial charge in [0.1, 0.15) is 0 Å². The zero-order valence-corrected chi connectivity index (χ0v) is 11.4. The predicted octanol–water partition coefficient (Wildman–Crippen LogP) is 2.17. The van der Waals surface area contributed by atoms with Crippen molar-refractivity contribution in [2.24, 2.45) is 0 Å². The third kappa shape index (κ3) is 3.51. The van der Waals surface area contributed by atoms with Crippen LogP contribution in [0.5, 0.6) is 6.01 Å². The molecule has 2 aromatic heterocycles. The lowest BCUT2D eigenvalue weighted by Gasteiger charge is -2.03. The Morgan fingerprint density at radius 2 is 1.89 bits per heavy atom. The van der Waals surface area contributed by atoms with Crippen LogP contribution >= 0.6 is 23.4 Å². The van der Waals surface area contributed by atoms with Gasteiger partial charge in [0.05, 0.1) is 6.61 Å². The van der Waals surface area contributed by atoms with Crippen LogP contribution in [-0.2, 0) is 0 Å². The molecule has 0 aliphatic heterocycles. The van der Waals surface area contributed by atoms with Gasteiger partial charge in [0.2, 0.25) is 10.4 Å². The first-order valence-corrected chi connectivity index (χ1v) is 6.37. The third-order valence-corrected chi connectivity index (χ3v) is 2.71. The molecule has 6 nitrogen and oxygen atoms in total. The van der Waals surface area contributed by atoms with Crippen LogP contribution in [0.2, 0.25) is 5.28 Å². The molecular formula is C10H10ClN5OS. The van der Waals surface area contributed by atoms with Gasteiger partial charge in [-0.2, -0.15) is 15.0 Å². The Morgan fingerprint density at radius 1 is 1.17 bits per heavy atom. The minimum Gasteiger partial charge on any atom is -0.464 e. The highest BCUT2D eigenvalue weighted by molar-refractivity contribution is 7.99. The maximum absolute atomic E-state index is 5.78. The number of nitrogens with zero attached hydrogens (tertiary/aromatic N) is 5. The Bertz CT molecular complexity index is 536. The SMILES string of the molecule is CCOc1nc(Cl)nc(Sc2ncc(C)cn2)n1. The highest BCUT2D eigenvalue weighted by Gasteiger charge is 2.08. The first kappa shape index (κ1) is 13.0. The van der Waals surface area contributed by atoms with Crippen molar-refractivity contribution in [2.75, 3.05) is 6.61 Å². The summed E-state index contributed by atoms with van der Waals surface area (Å²) in [4.78, 5) is 20.2. The Labute approximate surface area is 113 Å². The lowest BCUT2D eigenvalue weighted by atomic mass is 10.4. The standard InChI is InChI=1S/C10H10ClN5OS/c1-3-17-8-14-7(11)15-10(16-8)18-9-12-4-6(2)5-13-9/h4-5H,3H2,1-2H3. The van der Waals surface area contributed by atoms with Gasteiger partial charge in [-0.15, -0.1) is 0 Å². The average Bonchev–Trinajstić information content (AvgIpc) is 2.32. The maximum Gasteiger partial charge on any atom is 0.321 e. The second-order valence-corrected chi connectivity index (χ2v) is 4.52. The number of hydrogen-bond acceptors (Lipinski definition) is 7. The fourth-order valence-corrected chi connectivity index (χ4v) is 1.90. The first-order valence-electron chi connectivity index (χ1n) is 5.18. The third-order valence-electron chi connectivity index (χ3n) is 1.78. The molecule has 2 rings (SSSR count). The van der Waals surface area contributed by atoms with E-state index in [1.54, 1.807) is 12.4 Å². The monoisotopic (exact) mass is 283 g/mol. The maximum atomic E-state index is 5.78. The van der Waals surface area contributed by atoms with E-state index < -0.39 is 0 Å². The lowest BCUT2D eigenvalue weighted by Crippen LogP contribution is -2.01. The molecule has 0 atom stereocenters. The summed E-state index contributed by atoms with van der Waals surface area (Å²) in [5.41, 5.74) is 0.989. The summed E-state index contributed by atoms with van der Waals surface area (Å²) in [7, 11) is 0. The number of ether oxygens (including phenoxy) is 1. The van der Waals surface area contributed by atoms with Crippen molar-refractivity contribution in [3.8, 4) is 6.01 Å². The van der Waals surface area contributed by atoms with Gasteiger partial charge in [0, 0.05) is 12.4 Å². The molecule has 0 bridgehead atoms. The smallest absolute Gasteiger partial charge is 0.321 e. The normalized spacial score (nSPS) is 10.4. The summed E-state index contributed by atoms with van der Waals surface area (Å²) >= 11 is 6.98. The van der Waals surface area contributed by atoms with E-state index in [0.29, 0.717) is 16.9 Å². The van der Waals surface area contributed by atoms with Gasteiger partial charge in [-0.05, 0) is 42.8 Å². The van der Waals surface area contributed by atoms with E-state index in [2.05, 4.69) is 24.9 Å². The van der Waals surface area contributed by atoms with Crippen LogP contribution in [-0.4, -0.2) is 31.5 Å². The number of hydrogen-bond donors (Lipinski definition) is 0. The van der Waals surface area contributed by atoms with E-state index in [9.17, 15) is 0 Å². The Morgan fingerprint density at radius 3 is 2.56 bits per heavy atom. The Kier molecular flexibility index (Phi) is 4.27. The molecule has 0 aromatic carbocycles. The summed E-state index contributed by atoms with van der Waals surface area (Å²) in [6, 6.07) is 0.201. The van der Waals surface area contributed by atoms with Gasteiger partial charge in [-0.3, -0.25) is 0 Å². The van der Waals surface area contributed by atoms with Crippen LogP contribution < -0.4 is 4.74 Å². The Balaban J connectivity index is 2.20. The molecule has 18 heavy (non-hydrogen) atoms. The van der Waals surface area contributed by atoms with Crippen molar-refractivity contribution < 1.29 is 4.74 Å². The van der Waals surface area contributed by atoms with Crippen molar-refractivity contribution >= 4 is 23.4 Å². The zero-order valence-electron chi connectivity index (χ0n) is 9.79. The largest absolute Gasteiger partial charge is 0.464 e. The molecule has 0 unspecified atom stereocenters. The molecule has 0 saturated carbocycles. The first-order chi connectivity index (χ1) is 8.67. The lowest BCUT2D eigenvalue weighted by molar-refractivity contribution is 0.307. The summed E-state index contributed by atoms with van der Waals surface area (Å²) in [6.45, 7) is 4.22. The van der Waals surface area contributed by atoms with Gasteiger partial charge in [-0.1, -0.05) is 0 Å². The molecule has 0 saturated heterocycles. The molecule has 0 aliphatic carbocycles. The number of aromatic nitrogens is 5. The van der Waals surface area contributed by atoms with Crippen LogP contribution in [0.3, 0.4) is 0 Å². The topological polar surface area (TPSA) is 73.7 Å². The predicted molar refractivity (Wildman–Crippen MR) is 66.9 cm³/mol. The van der Waals surface area contributed by atoms with Crippen molar-refractivity contribution in [3.63, 3.8) is 0 Å². The van der Waals surface area contributed by atoms with Gasteiger partial charge in [0.15, 0.2) is 5.16 Å². The molecular weight excluding hydrogens is 274 g/mol. The molecule has 0 fully saturated rings. The van der Waals surface area contributed by atoms with E-state index >= 15 is 0 Å². The summed E-state index contributed by atoms with van der Waals surface area (Å²) in [6.07, 6.45) is 3.45. The van der Waals surface area contributed by atoms with Gasteiger partial charge in [-0.25, -0.2) is 9.97 Å². The van der Waals surface area contributed by atoms with Crippen LogP contribution in [0, 0.1) is 6.92 Å². The number of aryl methyl sites for hydroxylation is 1. The molecule has 0 amide bonds. The van der Waals surface area contributed by atoms with Crippen molar-refractivity contribution in [3.05, 3.63) is 23.2 Å². The second-order valence-electron chi connectivity index (χ2n) is 3.25. The zero-order chi connectivity index (χ0) is 13.0. The van der Waals surface area contributed by atoms with Crippen molar-refractivity contribution in [2.45, 2.75) is 24.2 Å². The molecule has 8 heteroatoms. The quantitative estimate of drug-likeness (QED) is 0.796. The number of halogens is 1. The van der Waals surface area contributed by atoms with Gasteiger partial charge >= 0.3 is 6.01 Å². The molecule has 0 spiro atoms. The fourth-order valence-electron chi connectivity index (χ4n) is 1.07. The van der Waals surface area contributed by atoms with Crippen LogP contribution in [0.1, 0.15) is 12.5 Å². The molecule has 0 N–H and O–H groups in total. The molecule has 0 aliphatic rings. The van der Waals surface area contributed by atoms with E-state index in [-0.39, 0.29) is 11.3 Å². The highest BCUT2D eigenvalue weighted by Crippen LogP contribution is 2.22. The summed E-state index contributed by atoms with van der Waals surface area (Å²) < 4.78 is 5.18. The van der Waals surface area contributed by atoms with Crippen LogP contribution in [0.4, 0.5) is 0 Å². The minimum absolute atomic E-state index is 0.0862. The van der Waals surface area contributed by atoms with Crippen molar-refractivity contribution in [1.82, 2.24) is 24.9 Å². The number of rotatable bonds is 4. The minimum atomic E-state index is 0.0862. The van der Waals surface area contributed by atoms with Crippen LogP contribution in [0.25, 0.3) is 0 Å². The van der Waals surface area contributed by atoms with Gasteiger partial charge < -0.3 is 4.74 Å². The molecule has 2 heterocycles. The molecule has 0 radical (unpaired) electrons. The molecule has 94 valence electrons. The molecule has 2 aromatic rings. The van der Waals surface area contributed by atoms with Crippen molar-refractivity contribution in [1.29, 1.82) is 0 Å². The average molecular weight is 284 g/mol. The second kappa shape index (κ2) is 5.92. The highest BCUT2D eigenvalue weighted by atomic mass is 35.5. The van der Waals surface area contributed by atoms with E-state index in [0.717, 1.165) is 5.56 Å².